The van der Waals surface area contributed by atoms with Crippen molar-refractivity contribution in [3.05, 3.63) is 34.4 Å². The van der Waals surface area contributed by atoms with E-state index in [1.165, 1.54) is 16.7 Å². The van der Waals surface area contributed by atoms with Crippen LogP contribution in [0.4, 0.5) is 0 Å². The van der Waals surface area contributed by atoms with Gasteiger partial charge in [-0.1, -0.05) is 26.0 Å². The highest BCUT2D eigenvalue weighted by Crippen LogP contribution is 2.18. The maximum atomic E-state index is 2.27. The molecule has 0 heterocycles. The number of rotatable bonds is 2. The third kappa shape index (κ3) is 2.31. The van der Waals surface area contributed by atoms with Gasteiger partial charge in [0, 0.05) is 0 Å². The summed E-state index contributed by atoms with van der Waals surface area (Å²) >= 11 is 0. The van der Waals surface area contributed by atoms with Gasteiger partial charge in [0.15, 0.2) is 0 Å². The molecule has 13 heavy (non-hydrogen) atoms. The summed E-state index contributed by atoms with van der Waals surface area (Å²) in [6.45, 7) is 8.88. The molecule has 0 aliphatic heterocycles. The molecule has 0 radical (unpaired) electrons. The van der Waals surface area contributed by atoms with Crippen LogP contribution in [0.25, 0.3) is 0 Å². The SMILES string of the molecule is CCc1ccc(C)c(C)c1CC.O. The quantitative estimate of drug-likeness (QED) is 0.670. The van der Waals surface area contributed by atoms with Crippen LogP contribution in [0.2, 0.25) is 0 Å². The largest absolute Gasteiger partial charge is 0.412 e. The second-order valence-electron chi connectivity index (χ2n) is 3.35. The molecule has 0 aromatic heterocycles. The second-order valence-corrected chi connectivity index (χ2v) is 3.35. The van der Waals surface area contributed by atoms with E-state index in [4.69, 9.17) is 0 Å². The molecule has 1 heteroatoms. The van der Waals surface area contributed by atoms with Gasteiger partial charge < -0.3 is 5.48 Å². The minimum absolute atomic E-state index is 0. The van der Waals surface area contributed by atoms with Gasteiger partial charge in [0.25, 0.3) is 0 Å². The molecule has 0 saturated heterocycles. The van der Waals surface area contributed by atoms with Crippen molar-refractivity contribution in [1.29, 1.82) is 0 Å². The van der Waals surface area contributed by atoms with Crippen molar-refractivity contribution in [1.82, 2.24) is 0 Å². The lowest BCUT2D eigenvalue weighted by molar-refractivity contribution is 0.824. The predicted molar refractivity (Wildman–Crippen MR) is 58.3 cm³/mol. The zero-order valence-electron chi connectivity index (χ0n) is 9.07. The summed E-state index contributed by atoms with van der Waals surface area (Å²) in [5.74, 6) is 0. The first-order valence-electron chi connectivity index (χ1n) is 4.78. The summed E-state index contributed by atoms with van der Waals surface area (Å²) in [7, 11) is 0. The van der Waals surface area contributed by atoms with Gasteiger partial charge in [-0.15, -0.1) is 0 Å². The van der Waals surface area contributed by atoms with Crippen molar-refractivity contribution < 1.29 is 5.48 Å². The van der Waals surface area contributed by atoms with Gasteiger partial charge in [-0.05, 0) is 48.9 Å². The van der Waals surface area contributed by atoms with E-state index in [0.717, 1.165) is 12.8 Å². The van der Waals surface area contributed by atoms with E-state index in [9.17, 15) is 0 Å². The lowest BCUT2D eigenvalue weighted by Gasteiger charge is -2.11. The van der Waals surface area contributed by atoms with Gasteiger partial charge in [-0.3, -0.25) is 0 Å². The van der Waals surface area contributed by atoms with Crippen LogP contribution >= 0.6 is 0 Å². The standard InChI is InChI=1S/C12H18.H2O/c1-5-11-8-7-9(3)10(4)12(11)6-2;/h7-8H,5-6H2,1-4H3;1H2. The molecule has 0 aliphatic rings. The topological polar surface area (TPSA) is 31.5 Å². The molecule has 0 atom stereocenters. The third-order valence-corrected chi connectivity index (χ3v) is 2.70. The normalized spacial score (nSPS) is 9.54. The monoisotopic (exact) mass is 180 g/mol. The van der Waals surface area contributed by atoms with E-state index in [0.29, 0.717) is 0 Å². The first-order valence-corrected chi connectivity index (χ1v) is 4.78. The molecule has 0 fully saturated rings. The van der Waals surface area contributed by atoms with Crippen LogP contribution < -0.4 is 0 Å². The van der Waals surface area contributed by atoms with Gasteiger partial charge >= 0.3 is 0 Å². The van der Waals surface area contributed by atoms with Crippen LogP contribution in [0, 0.1) is 13.8 Å². The summed E-state index contributed by atoms with van der Waals surface area (Å²) in [4.78, 5) is 0. The van der Waals surface area contributed by atoms with E-state index in [-0.39, 0.29) is 5.48 Å². The van der Waals surface area contributed by atoms with Crippen molar-refractivity contribution in [3.8, 4) is 0 Å². The number of hydrogen-bond donors (Lipinski definition) is 0. The fourth-order valence-electron chi connectivity index (χ4n) is 1.75. The number of aryl methyl sites for hydroxylation is 2. The first-order chi connectivity index (χ1) is 5.70. The summed E-state index contributed by atoms with van der Waals surface area (Å²) in [6, 6.07) is 4.49. The lowest BCUT2D eigenvalue weighted by atomic mass is 9.95. The first kappa shape index (κ1) is 12.2. The van der Waals surface area contributed by atoms with Gasteiger partial charge in [0.1, 0.15) is 0 Å². The van der Waals surface area contributed by atoms with Gasteiger partial charge in [-0.25, -0.2) is 0 Å². The Balaban J connectivity index is 0.00000144. The highest BCUT2D eigenvalue weighted by molar-refractivity contribution is 5.39. The van der Waals surface area contributed by atoms with Crippen LogP contribution in [0.1, 0.15) is 36.1 Å². The van der Waals surface area contributed by atoms with Crippen molar-refractivity contribution in [3.63, 3.8) is 0 Å². The Morgan fingerprint density at radius 3 is 2.08 bits per heavy atom. The average molecular weight is 180 g/mol. The van der Waals surface area contributed by atoms with E-state index >= 15 is 0 Å². The minimum atomic E-state index is 0. The second kappa shape index (κ2) is 5.03. The van der Waals surface area contributed by atoms with Gasteiger partial charge in [0.2, 0.25) is 0 Å². The molecule has 0 unspecified atom stereocenters. The highest BCUT2D eigenvalue weighted by Gasteiger charge is 2.03. The number of hydrogen-bond acceptors (Lipinski definition) is 0. The third-order valence-electron chi connectivity index (χ3n) is 2.70. The Morgan fingerprint density at radius 1 is 1.00 bits per heavy atom. The fraction of sp³-hybridized carbons (Fsp3) is 0.500. The Hall–Kier alpha value is -0.820. The van der Waals surface area contributed by atoms with Crippen molar-refractivity contribution in [2.24, 2.45) is 0 Å². The summed E-state index contributed by atoms with van der Waals surface area (Å²) < 4.78 is 0. The fourth-order valence-corrected chi connectivity index (χ4v) is 1.75. The Labute approximate surface area is 81.1 Å². The maximum Gasteiger partial charge on any atom is -0.0302 e. The molecule has 1 nitrogen and oxygen atoms in total. The predicted octanol–water partition coefficient (Wildman–Crippen LogP) is 2.60. The van der Waals surface area contributed by atoms with Crippen molar-refractivity contribution in [2.45, 2.75) is 40.5 Å². The zero-order valence-corrected chi connectivity index (χ0v) is 9.07. The molecule has 0 saturated carbocycles. The van der Waals surface area contributed by atoms with Crippen LogP contribution in [-0.2, 0) is 12.8 Å². The Bertz CT molecular complexity index is 277. The van der Waals surface area contributed by atoms with Crippen LogP contribution in [-0.4, -0.2) is 5.48 Å². The van der Waals surface area contributed by atoms with Crippen LogP contribution in [0.15, 0.2) is 12.1 Å². The summed E-state index contributed by atoms with van der Waals surface area (Å²) in [5.41, 5.74) is 5.97. The summed E-state index contributed by atoms with van der Waals surface area (Å²) in [5, 5.41) is 0. The maximum absolute atomic E-state index is 2.27. The van der Waals surface area contributed by atoms with E-state index < -0.39 is 0 Å². The molecule has 0 aliphatic carbocycles. The van der Waals surface area contributed by atoms with Gasteiger partial charge in [0.05, 0.1) is 0 Å². The number of benzene rings is 1. The average Bonchev–Trinajstić information content (AvgIpc) is 2.09. The molecule has 0 spiro atoms. The Morgan fingerprint density at radius 2 is 1.62 bits per heavy atom. The molecular weight excluding hydrogens is 160 g/mol. The molecule has 1 aromatic rings. The lowest BCUT2D eigenvalue weighted by Crippen LogP contribution is -1.96. The van der Waals surface area contributed by atoms with Crippen LogP contribution in [0.5, 0.6) is 0 Å². The minimum Gasteiger partial charge on any atom is -0.412 e. The molecule has 1 rings (SSSR count). The molecule has 0 bridgehead atoms. The molecule has 2 N–H and O–H groups in total. The molecule has 1 aromatic carbocycles. The Kier molecular flexibility index (Phi) is 4.71. The molecular formula is C12H20O. The van der Waals surface area contributed by atoms with E-state index in [1.54, 1.807) is 5.56 Å². The van der Waals surface area contributed by atoms with E-state index in [1.807, 2.05) is 0 Å². The molecule has 74 valence electrons. The van der Waals surface area contributed by atoms with Crippen molar-refractivity contribution in [2.75, 3.05) is 0 Å². The molecule has 0 amide bonds. The van der Waals surface area contributed by atoms with Crippen molar-refractivity contribution >= 4 is 0 Å². The van der Waals surface area contributed by atoms with Crippen LogP contribution in [0.3, 0.4) is 0 Å². The highest BCUT2D eigenvalue weighted by atomic mass is 16.0. The van der Waals surface area contributed by atoms with Gasteiger partial charge in [-0.2, -0.15) is 0 Å². The zero-order chi connectivity index (χ0) is 9.14. The smallest absolute Gasteiger partial charge is 0.0302 e. The summed E-state index contributed by atoms with van der Waals surface area (Å²) in [6.07, 6.45) is 2.32. The van der Waals surface area contributed by atoms with E-state index in [2.05, 4.69) is 39.8 Å².